The summed E-state index contributed by atoms with van der Waals surface area (Å²) in [5.74, 6) is 0. The summed E-state index contributed by atoms with van der Waals surface area (Å²) in [5, 5.41) is 11.9. The quantitative estimate of drug-likeness (QED) is 0.593. The third-order valence-electron chi connectivity index (χ3n) is 1.76. The molecule has 0 aliphatic rings. The number of hydrogen-bond acceptors (Lipinski definition) is 3. The smallest absolute Gasteiger partial charge is 0.0922 e. The van der Waals surface area contributed by atoms with E-state index in [2.05, 4.69) is 15.3 Å². The Morgan fingerprint density at radius 2 is 2.58 bits per heavy atom. The van der Waals surface area contributed by atoms with Gasteiger partial charge in [0.2, 0.25) is 0 Å². The predicted octanol–water partition coefficient (Wildman–Crippen LogP) is 0.270. The van der Waals surface area contributed by atoms with Gasteiger partial charge in [-0.05, 0) is 13.3 Å². The molecule has 1 aromatic rings. The van der Waals surface area contributed by atoms with E-state index >= 15 is 0 Å². The minimum atomic E-state index is 0.233. The van der Waals surface area contributed by atoms with Gasteiger partial charge >= 0.3 is 0 Å². The number of aromatic nitrogens is 2. The molecule has 0 saturated heterocycles. The van der Waals surface area contributed by atoms with Crippen molar-refractivity contribution in [3.63, 3.8) is 0 Å². The zero-order valence-electron chi connectivity index (χ0n) is 7.25. The topological polar surface area (TPSA) is 60.9 Å². The molecule has 0 radical (unpaired) electrons. The van der Waals surface area contributed by atoms with Crippen LogP contribution >= 0.6 is 0 Å². The highest BCUT2D eigenvalue weighted by Crippen LogP contribution is 1.93. The summed E-state index contributed by atoms with van der Waals surface area (Å²) in [4.78, 5) is 6.90. The number of rotatable bonds is 5. The van der Waals surface area contributed by atoms with E-state index in [0.29, 0.717) is 6.04 Å². The van der Waals surface area contributed by atoms with E-state index in [9.17, 15) is 0 Å². The molecule has 1 rings (SSSR count). The molecule has 1 atom stereocenters. The van der Waals surface area contributed by atoms with E-state index < -0.39 is 0 Å². The van der Waals surface area contributed by atoms with Crippen LogP contribution in [0.25, 0.3) is 0 Å². The first kappa shape index (κ1) is 9.22. The Morgan fingerprint density at radius 3 is 3.17 bits per heavy atom. The van der Waals surface area contributed by atoms with Gasteiger partial charge < -0.3 is 15.4 Å². The SMILES string of the molecule is CC(CCO)NCc1cnc[nH]1. The Balaban J connectivity index is 2.17. The van der Waals surface area contributed by atoms with E-state index in [1.165, 1.54) is 0 Å². The first-order chi connectivity index (χ1) is 5.83. The van der Waals surface area contributed by atoms with Crippen LogP contribution in [-0.4, -0.2) is 27.7 Å². The van der Waals surface area contributed by atoms with Crippen molar-refractivity contribution in [1.29, 1.82) is 0 Å². The molecule has 1 aromatic heterocycles. The number of nitrogens with one attached hydrogen (secondary N) is 2. The van der Waals surface area contributed by atoms with Gasteiger partial charge in [0.25, 0.3) is 0 Å². The Bertz CT molecular complexity index is 198. The summed E-state index contributed by atoms with van der Waals surface area (Å²) in [7, 11) is 0. The fraction of sp³-hybridized carbons (Fsp3) is 0.625. The molecule has 4 heteroatoms. The van der Waals surface area contributed by atoms with Crippen LogP contribution < -0.4 is 5.32 Å². The van der Waals surface area contributed by atoms with E-state index in [-0.39, 0.29) is 6.61 Å². The minimum Gasteiger partial charge on any atom is -0.396 e. The monoisotopic (exact) mass is 169 g/mol. The molecule has 0 aliphatic carbocycles. The molecule has 4 nitrogen and oxygen atoms in total. The molecular weight excluding hydrogens is 154 g/mol. The van der Waals surface area contributed by atoms with Crippen molar-refractivity contribution in [2.75, 3.05) is 6.61 Å². The Morgan fingerprint density at radius 1 is 1.75 bits per heavy atom. The number of aromatic amines is 1. The van der Waals surface area contributed by atoms with E-state index in [1.807, 2.05) is 6.92 Å². The third-order valence-corrected chi connectivity index (χ3v) is 1.76. The second kappa shape index (κ2) is 4.90. The zero-order chi connectivity index (χ0) is 8.81. The number of imidazole rings is 1. The molecule has 0 aromatic carbocycles. The van der Waals surface area contributed by atoms with E-state index in [1.54, 1.807) is 12.5 Å². The van der Waals surface area contributed by atoms with Crippen molar-refractivity contribution < 1.29 is 5.11 Å². The molecule has 0 bridgehead atoms. The molecule has 68 valence electrons. The molecule has 0 aliphatic heterocycles. The second-order valence-electron chi connectivity index (χ2n) is 2.87. The summed E-state index contributed by atoms with van der Waals surface area (Å²) in [5.41, 5.74) is 1.07. The van der Waals surface area contributed by atoms with Crippen molar-refractivity contribution in [3.05, 3.63) is 18.2 Å². The summed E-state index contributed by atoms with van der Waals surface area (Å²) >= 11 is 0. The van der Waals surface area contributed by atoms with Gasteiger partial charge in [-0.25, -0.2) is 4.98 Å². The van der Waals surface area contributed by atoms with Crippen LogP contribution in [-0.2, 0) is 6.54 Å². The number of nitrogens with zero attached hydrogens (tertiary/aromatic N) is 1. The van der Waals surface area contributed by atoms with Crippen LogP contribution in [0.15, 0.2) is 12.5 Å². The van der Waals surface area contributed by atoms with Gasteiger partial charge in [-0.3, -0.25) is 0 Å². The number of hydrogen-bond donors (Lipinski definition) is 3. The highest BCUT2D eigenvalue weighted by Gasteiger charge is 1.99. The van der Waals surface area contributed by atoms with Crippen molar-refractivity contribution in [2.24, 2.45) is 0 Å². The molecular formula is C8H15N3O. The summed E-state index contributed by atoms with van der Waals surface area (Å²) in [6, 6.07) is 0.346. The standard InChI is InChI=1S/C8H15N3O/c1-7(2-3-12)10-5-8-4-9-6-11-8/h4,6-7,10,12H,2-3,5H2,1H3,(H,9,11). The van der Waals surface area contributed by atoms with Crippen LogP contribution in [0.3, 0.4) is 0 Å². The van der Waals surface area contributed by atoms with Crippen LogP contribution in [0.5, 0.6) is 0 Å². The van der Waals surface area contributed by atoms with Crippen LogP contribution in [0.4, 0.5) is 0 Å². The van der Waals surface area contributed by atoms with Crippen molar-refractivity contribution in [3.8, 4) is 0 Å². The average molecular weight is 169 g/mol. The fourth-order valence-electron chi connectivity index (χ4n) is 0.961. The molecule has 0 amide bonds. The van der Waals surface area contributed by atoms with E-state index in [4.69, 9.17) is 5.11 Å². The first-order valence-corrected chi connectivity index (χ1v) is 4.14. The normalized spacial score (nSPS) is 13.2. The number of H-pyrrole nitrogens is 1. The lowest BCUT2D eigenvalue weighted by Gasteiger charge is -2.10. The molecule has 1 unspecified atom stereocenters. The molecule has 3 N–H and O–H groups in total. The summed E-state index contributed by atoms with van der Waals surface area (Å²) < 4.78 is 0. The van der Waals surface area contributed by atoms with Gasteiger partial charge in [-0.2, -0.15) is 0 Å². The van der Waals surface area contributed by atoms with Gasteiger partial charge in [-0.15, -0.1) is 0 Å². The zero-order valence-corrected chi connectivity index (χ0v) is 7.25. The van der Waals surface area contributed by atoms with Crippen molar-refractivity contribution in [2.45, 2.75) is 25.9 Å². The maximum atomic E-state index is 8.63. The maximum absolute atomic E-state index is 8.63. The molecule has 0 fully saturated rings. The lowest BCUT2D eigenvalue weighted by molar-refractivity contribution is 0.268. The van der Waals surface area contributed by atoms with Gasteiger partial charge in [0, 0.05) is 31.1 Å². The van der Waals surface area contributed by atoms with Crippen LogP contribution in [0.1, 0.15) is 19.0 Å². The predicted molar refractivity (Wildman–Crippen MR) is 46.6 cm³/mol. The fourth-order valence-corrected chi connectivity index (χ4v) is 0.961. The Labute approximate surface area is 72.0 Å². The van der Waals surface area contributed by atoms with Gasteiger partial charge in [0.05, 0.1) is 6.33 Å². The van der Waals surface area contributed by atoms with Gasteiger partial charge in [0.1, 0.15) is 0 Å². The average Bonchev–Trinajstić information content (AvgIpc) is 2.53. The largest absolute Gasteiger partial charge is 0.396 e. The van der Waals surface area contributed by atoms with Crippen molar-refractivity contribution >= 4 is 0 Å². The van der Waals surface area contributed by atoms with Crippen LogP contribution in [0, 0.1) is 0 Å². The molecule has 12 heavy (non-hydrogen) atoms. The lowest BCUT2D eigenvalue weighted by Crippen LogP contribution is -2.26. The van der Waals surface area contributed by atoms with Gasteiger partial charge in [0.15, 0.2) is 0 Å². The summed E-state index contributed by atoms with van der Waals surface area (Å²) in [6.45, 7) is 3.06. The molecule has 0 spiro atoms. The van der Waals surface area contributed by atoms with Crippen LogP contribution in [0.2, 0.25) is 0 Å². The third kappa shape index (κ3) is 3.02. The second-order valence-corrected chi connectivity index (χ2v) is 2.87. The Hall–Kier alpha value is -0.870. The lowest BCUT2D eigenvalue weighted by atomic mass is 10.2. The number of aliphatic hydroxyl groups excluding tert-OH is 1. The molecule has 1 heterocycles. The highest BCUT2D eigenvalue weighted by atomic mass is 16.3. The Kier molecular flexibility index (Phi) is 3.76. The molecule has 0 saturated carbocycles. The maximum Gasteiger partial charge on any atom is 0.0922 e. The highest BCUT2D eigenvalue weighted by molar-refractivity contribution is 4.93. The summed E-state index contributed by atoms with van der Waals surface area (Å²) in [6.07, 6.45) is 4.24. The van der Waals surface area contributed by atoms with E-state index in [0.717, 1.165) is 18.7 Å². The first-order valence-electron chi connectivity index (χ1n) is 4.14. The van der Waals surface area contributed by atoms with Gasteiger partial charge in [-0.1, -0.05) is 0 Å². The number of aliphatic hydroxyl groups is 1. The minimum absolute atomic E-state index is 0.233. The van der Waals surface area contributed by atoms with Crippen molar-refractivity contribution in [1.82, 2.24) is 15.3 Å².